The molecule has 0 aromatic heterocycles. The average Bonchev–Trinajstić information content (AvgIpc) is 2.87. The second-order valence-electron chi connectivity index (χ2n) is 5.24. The molecule has 4 unspecified atom stereocenters. The maximum absolute atomic E-state index is 5.42. The molecule has 0 aliphatic heterocycles. The summed E-state index contributed by atoms with van der Waals surface area (Å²) >= 11 is 0. The normalized spacial score (nSPS) is 41.2. The predicted octanol–water partition coefficient (Wildman–Crippen LogP) is 2.72. The summed E-state index contributed by atoms with van der Waals surface area (Å²) < 4.78 is 5.42. The monoisotopic (exact) mass is 211 g/mol. The number of methoxy groups -OCH3 is 1. The van der Waals surface area contributed by atoms with Crippen molar-refractivity contribution in [1.29, 1.82) is 0 Å². The Morgan fingerprint density at radius 2 is 2.07 bits per heavy atom. The van der Waals surface area contributed by atoms with Gasteiger partial charge in [-0.1, -0.05) is 19.8 Å². The molecule has 2 heteroatoms. The summed E-state index contributed by atoms with van der Waals surface area (Å²) in [6.45, 7) is 2.33. The van der Waals surface area contributed by atoms with Gasteiger partial charge in [-0.2, -0.15) is 0 Å². The molecule has 0 aromatic rings. The first-order valence-corrected chi connectivity index (χ1v) is 6.62. The van der Waals surface area contributed by atoms with Gasteiger partial charge in [-0.05, 0) is 38.0 Å². The van der Waals surface area contributed by atoms with Crippen molar-refractivity contribution in [3.8, 4) is 0 Å². The van der Waals surface area contributed by atoms with E-state index in [1.807, 2.05) is 7.11 Å². The van der Waals surface area contributed by atoms with Gasteiger partial charge in [0.2, 0.25) is 0 Å². The lowest BCUT2D eigenvalue weighted by molar-refractivity contribution is 0.106. The fourth-order valence-corrected chi connectivity index (χ4v) is 3.35. The quantitative estimate of drug-likeness (QED) is 0.772. The minimum absolute atomic E-state index is 0.518. The molecule has 2 nitrogen and oxygen atoms in total. The van der Waals surface area contributed by atoms with E-state index in [0.29, 0.717) is 6.10 Å². The standard InChI is InChI=1S/C13H25NO/c1-3-10-5-4-6-13(10)14-11-7-8-12(9-11)15-2/h10-14H,3-9H2,1-2H3. The highest BCUT2D eigenvalue weighted by Gasteiger charge is 2.31. The summed E-state index contributed by atoms with van der Waals surface area (Å²) in [4.78, 5) is 0. The van der Waals surface area contributed by atoms with Crippen LogP contribution < -0.4 is 5.32 Å². The van der Waals surface area contributed by atoms with E-state index in [0.717, 1.165) is 18.0 Å². The number of nitrogens with one attached hydrogen (secondary N) is 1. The van der Waals surface area contributed by atoms with Gasteiger partial charge < -0.3 is 10.1 Å². The molecule has 2 fully saturated rings. The Bertz CT molecular complexity index is 195. The summed E-state index contributed by atoms with van der Waals surface area (Å²) in [7, 11) is 1.84. The first-order chi connectivity index (χ1) is 7.33. The van der Waals surface area contributed by atoms with Gasteiger partial charge in [0.05, 0.1) is 6.10 Å². The van der Waals surface area contributed by atoms with Crippen LogP contribution in [0.1, 0.15) is 51.9 Å². The molecular formula is C13H25NO. The zero-order valence-electron chi connectivity index (χ0n) is 10.2. The zero-order chi connectivity index (χ0) is 10.7. The van der Waals surface area contributed by atoms with Gasteiger partial charge in [-0.3, -0.25) is 0 Å². The van der Waals surface area contributed by atoms with Gasteiger partial charge >= 0.3 is 0 Å². The molecule has 0 amide bonds. The van der Waals surface area contributed by atoms with Crippen molar-refractivity contribution in [3.63, 3.8) is 0 Å². The molecule has 0 saturated heterocycles. The highest BCUT2D eigenvalue weighted by molar-refractivity contribution is 4.89. The first-order valence-electron chi connectivity index (χ1n) is 6.62. The number of rotatable bonds is 4. The van der Waals surface area contributed by atoms with E-state index in [1.54, 1.807) is 0 Å². The largest absolute Gasteiger partial charge is 0.381 e. The van der Waals surface area contributed by atoms with Gasteiger partial charge in [0, 0.05) is 19.2 Å². The van der Waals surface area contributed by atoms with Crippen molar-refractivity contribution in [2.24, 2.45) is 5.92 Å². The van der Waals surface area contributed by atoms with E-state index in [1.165, 1.54) is 44.9 Å². The Labute approximate surface area is 93.8 Å². The van der Waals surface area contributed by atoms with Gasteiger partial charge in [-0.15, -0.1) is 0 Å². The SMILES string of the molecule is CCC1CCCC1NC1CCC(OC)C1. The lowest BCUT2D eigenvalue weighted by Crippen LogP contribution is -2.39. The zero-order valence-corrected chi connectivity index (χ0v) is 10.2. The molecule has 0 heterocycles. The highest BCUT2D eigenvalue weighted by Crippen LogP contribution is 2.30. The molecule has 88 valence electrons. The second kappa shape index (κ2) is 5.31. The van der Waals surface area contributed by atoms with E-state index in [2.05, 4.69) is 12.2 Å². The van der Waals surface area contributed by atoms with Crippen LogP contribution in [0.4, 0.5) is 0 Å². The number of hydrogen-bond acceptors (Lipinski definition) is 2. The molecule has 15 heavy (non-hydrogen) atoms. The van der Waals surface area contributed by atoms with Crippen molar-refractivity contribution in [2.75, 3.05) is 7.11 Å². The van der Waals surface area contributed by atoms with Crippen molar-refractivity contribution in [2.45, 2.75) is 70.1 Å². The Morgan fingerprint density at radius 1 is 1.20 bits per heavy atom. The summed E-state index contributed by atoms with van der Waals surface area (Å²) in [6.07, 6.45) is 9.91. The van der Waals surface area contributed by atoms with Crippen LogP contribution >= 0.6 is 0 Å². The minimum atomic E-state index is 0.518. The maximum atomic E-state index is 5.42. The summed E-state index contributed by atoms with van der Waals surface area (Å²) in [5.74, 6) is 0.937. The van der Waals surface area contributed by atoms with E-state index in [9.17, 15) is 0 Å². The maximum Gasteiger partial charge on any atom is 0.0586 e. The molecule has 2 saturated carbocycles. The molecular weight excluding hydrogens is 186 g/mol. The molecule has 0 spiro atoms. The number of ether oxygens (including phenoxy) is 1. The Morgan fingerprint density at radius 3 is 2.73 bits per heavy atom. The predicted molar refractivity (Wildman–Crippen MR) is 63.0 cm³/mol. The molecule has 2 aliphatic rings. The van der Waals surface area contributed by atoms with Crippen LogP contribution in [0.25, 0.3) is 0 Å². The molecule has 0 bridgehead atoms. The van der Waals surface area contributed by atoms with Crippen LogP contribution in [0.5, 0.6) is 0 Å². The van der Waals surface area contributed by atoms with Crippen molar-refractivity contribution in [3.05, 3.63) is 0 Å². The van der Waals surface area contributed by atoms with Gasteiger partial charge in [0.15, 0.2) is 0 Å². The summed E-state index contributed by atoms with van der Waals surface area (Å²) in [6, 6.07) is 1.53. The lowest BCUT2D eigenvalue weighted by Gasteiger charge is -2.24. The number of hydrogen-bond donors (Lipinski definition) is 1. The summed E-state index contributed by atoms with van der Waals surface area (Å²) in [5.41, 5.74) is 0. The molecule has 2 rings (SSSR count). The third kappa shape index (κ3) is 2.73. The van der Waals surface area contributed by atoms with E-state index in [-0.39, 0.29) is 0 Å². The van der Waals surface area contributed by atoms with Crippen LogP contribution in [0, 0.1) is 5.92 Å². The van der Waals surface area contributed by atoms with Crippen molar-refractivity contribution in [1.82, 2.24) is 5.32 Å². The minimum Gasteiger partial charge on any atom is -0.381 e. The topological polar surface area (TPSA) is 21.3 Å². The molecule has 2 aliphatic carbocycles. The average molecular weight is 211 g/mol. The van der Waals surface area contributed by atoms with Crippen LogP contribution in [0.2, 0.25) is 0 Å². The van der Waals surface area contributed by atoms with E-state index < -0.39 is 0 Å². The van der Waals surface area contributed by atoms with Crippen molar-refractivity contribution < 1.29 is 4.74 Å². The van der Waals surface area contributed by atoms with Crippen LogP contribution in [0.3, 0.4) is 0 Å². The molecule has 0 aromatic carbocycles. The Balaban J connectivity index is 1.77. The molecule has 4 atom stereocenters. The fourth-order valence-electron chi connectivity index (χ4n) is 3.35. The van der Waals surface area contributed by atoms with Crippen molar-refractivity contribution >= 4 is 0 Å². The van der Waals surface area contributed by atoms with Crippen LogP contribution in [0.15, 0.2) is 0 Å². The molecule has 0 radical (unpaired) electrons. The smallest absolute Gasteiger partial charge is 0.0586 e. The Kier molecular flexibility index (Phi) is 4.04. The van der Waals surface area contributed by atoms with Gasteiger partial charge in [-0.25, -0.2) is 0 Å². The molecule has 1 N–H and O–H groups in total. The lowest BCUT2D eigenvalue weighted by atomic mass is 9.99. The highest BCUT2D eigenvalue weighted by atomic mass is 16.5. The van der Waals surface area contributed by atoms with E-state index in [4.69, 9.17) is 4.74 Å². The third-order valence-electron chi connectivity index (χ3n) is 4.35. The summed E-state index contributed by atoms with van der Waals surface area (Å²) in [5, 5.41) is 3.86. The third-order valence-corrected chi connectivity index (χ3v) is 4.35. The Hall–Kier alpha value is -0.0800. The van der Waals surface area contributed by atoms with Gasteiger partial charge in [0.25, 0.3) is 0 Å². The fraction of sp³-hybridized carbons (Fsp3) is 1.00. The first kappa shape index (κ1) is 11.4. The van der Waals surface area contributed by atoms with Crippen LogP contribution in [-0.4, -0.2) is 25.3 Å². The second-order valence-corrected chi connectivity index (χ2v) is 5.24. The van der Waals surface area contributed by atoms with E-state index >= 15 is 0 Å². The van der Waals surface area contributed by atoms with Gasteiger partial charge in [0.1, 0.15) is 0 Å². The van der Waals surface area contributed by atoms with Crippen LogP contribution in [-0.2, 0) is 4.74 Å².